The second kappa shape index (κ2) is 7.26. The monoisotopic (exact) mass is 362 g/mol. The summed E-state index contributed by atoms with van der Waals surface area (Å²) in [7, 11) is 0. The zero-order valence-electron chi connectivity index (χ0n) is 13.7. The number of thiophene rings is 1. The molecule has 5 heteroatoms. The van der Waals surface area contributed by atoms with E-state index < -0.39 is 0 Å². The summed E-state index contributed by atoms with van der Waals surface area (Å²) in [6.07, 6.45) is 5.42. The zero-order chi connectivity index (χ0) is 15.8. The van der Waals surface area contributed by atoms with E-state index in [0.717, 1.165) is 37.1 Å². The van der Waals surface area contributed by atoms with Crippen LogP contribution in [-0.2, 0) is 12.8 Å². The van der Waals surface area contributed by atoms with Crippen molar-refractivity contribution in [3.63, 3.8) is 0 Å². The molecule has 2 aliphatic rings. The molecule has 2 aromatic rings. The van der Waals surface area contributed by atoms with Crippen LogP contribution < -0.4 is 5.73 Å². The number of carbonyl (C=O) groups excluding carboxylic acids is 1. The zero-order valence-corrected chi connectivity index (χ0v) is 15.3. The van der Waals surface area contributed by atoms with Crippen LogP contribution in [0, 0.1) is 0 Å². The number of nitrogens with two attached hydrogens (primary N) is 1. The molecule has 24 heavy (non-hydrogen) atoms. The minimum Gasteiger partial charge on any atom is -0.334 e. The minimum atomic E-state index is 0. The van der Waals surface area contributed by atoms with Crippen molar-refractivity contribution in [2.45, 2.75) is 38.1 Å². The van der Waals surface area contributed by atoms with Crippen molar-refractivity contribution in [1.82, 2.24) is 4.90 Å². The van der Waals surface area contributed by atoms with Gasteiger partial charge in [-0.2, -0.15) is 0 Å². The number of carbonyl (C=O) groups is 1. The summed E-state index contributed by atoms with van der Waals surface area (Å²) in [4.78, 5) is 17.2. The number of amides is 1. The number of halogens is 1. The Labute approximate surface area is 153 Å². The molecule has 3 nitrogen and oxygen atoms in total. The highest BCUT2D eigenvalue weighted by atomic mass is 35.5. The first-order chi connectivity index (χ1) is 11.3. The normalized spacial score (nSPS) is 19.2. The van der Waals surface area contributed by atoms with Gasteiger partial charge in [0, 0.05) is 24.0 Å². The highest BCUT2D eigenvalue weighted by Crippen LogP contribution is 2.40. The number of hydrogen-bond acceptors (Lipinski definition) is 3. The Morgan fingerprint density at radius 3 is 2.83 bits per heavy atom. The van der Waals surface area contributed by atoms with Gasteiger partial charge in [0.15, 0.2) is 0 Å². The lowest BCUT2D eigenvalue weighted by atomic mass is 9.91. The summed E-state index contributed by atoms with van der Waals surface area (Å²) < 4.78 is 0. The third-order valence-corrected chi connectivity index (χ3v) is 6.30. The molecule has 1 saturated heterocycles. The average Bonchev–Trinajstić information content (AvgIpc) is 3.05. The summed E-state index contributed by atoms with van der Waals surface area (Å²) in [5.74, 6) is 0.178. The van der Waals surface area contributed by atoms with E-state index in [9.17, 15) is 4.79 Å². The van der Waals surface area contributed by atoms with Gasteiger partial charge in [-0.3, -0.25) is 4.79 Å². The second-order valence-electron chi connectivity index (χ2n) is 6.51. The molecule has 128 valence electrons. The molecule has 4 rings (SSSR count). The maximum Gasteiger partial charge on any atom is 0.264 e. The molecule has 2 heterocycles. The fraction of sp³-hybridized carbons (Fsp3) is 0.421. The molecular weight excluding hydrogens is 340 g/mol. The van der Waals surface area contributed by atoms with E-state index in [4.69, 9.17) is 5.73 Å². The molecule has 1 aliphatic carbocycles. The summed E-state index contributed by atoms with van der Waals surface area (Å²) in [6, 6.07) is 10.9. The van der Waals surface area contributed by atoms with E-state index in [1.807, 2.05) is 4.90 Å². The smallest absolute Gasteiger partial charge is 0.264 e. The fourth-order valence-electron chi connectivity index (χ4n) is 3.83. The molecule has 1 aliphatic heterocycles. The van der Waals surface area contributed by atoms with Crippen molar-refractivity contribution in [3.05, 3.63) is 46.3 Å². The van der Waals surface area contributed by atoms with Crippen LogP contribution in [0.15, 0.2) is 30.3 Å². The average molecular weight is 363 g/mol. The lowest BCUT2D eigenvalue weighted by molar-refractivity contribution is 0.0628. The molecular formula is C19H23ClN2OS. The molecule has 1 aromatic heterocycles. The summed E-state index contributed by atoms with van der Waals surface area (Å²) in [6.45, 7) is 1.42. The van der Waals surface area contributed by atoms with Gasteiger partial charge in [-0.05, 0) is 54.9 Å². The Morgan fingerprint density at radius 2 is 2.00 bits per heavy atom. The van der Waals surface area contributed by atoms with Crippen molar-refractivity contribution in [3.8, 4) is 10.4 Å². The Bertz CT molecular complexity index is 743. The molecule has 1 atom stereocenters. The molecule has 1 unspecified atom stereocenters. The lowest BCUT2D eigenvalue weighted by Crippen LogP contribution is -2.47. The van der Waals surface area contributed by atoms with Crippen LogP contribution in [0.1, 0.15) is 40.1 Å². The van der Waals surface area contributed by atoms with E-state index in [1.54, 1.807) is 11.3 Å². The predicted octanol–water partition coefficient (Wildman–Crippen LogP) is 3.89. The van der Waals surface area contributed by atoms with E-state index in [1.165, 1.54) is 28.0 Å². The number of likely N-dealkylation sites (tertiary alicyclic amines) is 1. The maximum atomic E-state index is 13.0. The van der Waals surface area contributed by atoms with Crippen LogP contribution in [-0.4, -0.2) is 29.9 Å². The minimum absolute atomic E-state index is 0. The predicted molar refractivity (Wildman–Crippen MR) is 102 cm³/mol. The van der Waals surface area contributed by atoms with Crippen LogP contribution in [0.25, 0.3) is 10.4 Å². The van der Waals surface area contributed by atoms with Crippen LogP contribution in [0.2, 0.25) is 0 Å². The van der Waals surface area contributed by atoms with E-state index >= 15 is 0 Å². The number of benzene rings is 1. The number of piperidine rings is 1. The number of aryl methyl sites for hydroxylation is 2. The van der Waals surface area contributed by atoms with E-state index in [2.05, 4.69) is 30.3 Å². The van der Waals surface area contributed by atoms with Gasteiger partial charge in [0.2, 0.25) is 0 Å². The maximum absolute atomic E-state index is 13.0. The molecule has 2 N–H and O–H groups in total. The number of nitrogens with zero attached hydrogens (tertiary/aromatic N) is 1. The molecule has 1 fully saturated rings. The van der Waals surface area contributed by atoms with Crippen LogP contribution in [0.3, 0.4) is 0 Å². The van der Waals surface area contributed by atoms with Crippen LogP contribution in [0.4, 0.5) is 0 Å². The third-order valence-electron chi connectivity index (χ3n) is 5.11. The fourth-order valence-corrected chi connectivity index (χ4v) is 5.06. The largest absolute Gasteiger partial charge is 0.334 e. The Kier molecular flexibility index (Phi) is 5.28. The first kappa shape index (κ1) is 17.5. The van der Waals surface area contributed by atoms with Gasteiger partial charge in [-0.25, -0.2) is 0 Å². The third kappa shape index (κ3) is 2.99. The first-order valence-corrected chi connectivity index (χ1v) is 9.31. The molecule has 0 spiro atoms. The second-order valence-corrected chi connectivity index (χ2v) is 7.56. The molecule has 1 aromatic carbocycles. The topological polar surface area (TPSA) is 46.3 Å². The van der Waals surface area contributed by atoms with E-state index in [0.29, 0.717) is 6.54 Å². The molecule has 1 amide bonds. The van der Waals surface area contributed by atoms with Crippen molar-refractivity contribution >= 4 is 29.7 Å². The van der Waals surface area contributed by atoms with Crippen molar-refractivity contribution in [1.29, 1.82) is 0 Å². The Morgan fingerprint density at radius 1 is 1.21 bits per heavy atom. The molecule has 0 saturated carbocycles. The highest BCUT2D eigenvalue weighted by molar-refractivity contribution is 7.17. The van der Waals surface area contributed by atoms with Gasteiger partial charge in [0.05, 0.1) is 4.88 Å². The van der Waals surface area contributed by atoms with E-state index in [-0.39, 0.29) is 24.4 Å². The van der Waals surface area contributed by atoms with Gasteiger partial charge < -0.3 is 10.6 Å². The quantitative estimate of drug-likeness (QED) is 0.880. The first-order valence-electron chi connectivity index (χ1n) is 8.50. The number of hydrogen-bond donors (Lipinski definition) is 1. The van der Waals surface area contributed by atoms with Gasteiger partial charge in [-0.15, -0.1) is 23.7 Å². The number of fused-ring (bicyclic) bond motifs is 3. The Hall–Kier alpha value is -1.36. The molecule has 0 radical (unpaired) electrons. The number of rotatable bonds is 2. The summed E-state index contributed by atoms with van der Waals surface area (Å²) >= 11 is 1.66. The molecule has 0 bridgehead atoms. The van der Waals surface area contributed by atoms with Crippen LogP contribution in [0.5, 0.6) is 0 Å². The SMILES string of the molecule is Cl.NCC1CCCCN1C(=O)c1cc2c(s1)-c1ccccc1CC2. The lowest BCUT2D eigenvalue weighted by Gasteiger charge is -2.34. The van der Waals surface area contributed by atoms with Gasteiger partial charge in [-0.1, -0.05) is 24.3 Å². The Balaban J connectivity index is 0.00000169. The standard InChI is InChI=1S/C19H22N2OS.ClH/c20-12-15-6-3-4-10-21(15)19(22)17-11-14-9-8-13-5-1-2-7-16(13)18(14)23-17;/h1-2,5,7,11,15H,3-4,6,8-10,12,20H2;1H. The summed E-state index contributed by atoms with van der Waals surface area (Å²) in [5, 5.41) is 0. The van der Waals surface area contributed by atoms with Gasteiger partial charge in [0.1, 0.15) is 0 Å². The van der Waals surface area contributed by atoms with Crippen molar-refractivity contribution < 1.29 is 4.79 Å². The van der Waals surface area contributed by atoms with Gasteiger partial charge in [0.25, 0.3) is 5.91 Å². The highest BCUT2D eigenvalue weighted by Gasteiger charge is 2.29. The van der Waals surface area contributed by atoms with Gasteiger partial charge >= 0.3 is 0 Å². The van der Waals surface area contributed by atoms with Crippen molar-refractivity contribution in [2.75, 3.05) is 13.1 Å². The summed E-state index contributed by atoms with van der Waals surface area (Å²) in [5.41, 5.74) is 9.92. The van der Waals surface area contributed by atoms with Crippen molar-refractivity contribution in [2.24, 2.45) is 5.73 Å². The van der Waals surface area contributed by atoms with Crippen LogP contribution >= 0.6 is 23.7 Å².